The average Bonchev–Trinajstić information content (AvgIpc) is 3.15. The predicted molar refractivity (Wildman–Crippen MR) is 113 cm³/mol. The Bertz CT molecular complexity index is 826. The number of carbonyl (C=O) groups excluding carboxylic acids is 1. The van der Waals surface area contributed by atoms with Crippen molar-refractivity contribution in [3.05, 3.63) is 33.7 Å². The molecule has 1 aliphatic rings. The van der Waals surface area contributed by atoms with Gasteiger partial charge in [-0.25, -0.2) is 9.78 Å². The lowest BCUT2D eigenvalue weighted by Gasteiger charge is -2.19. The predicted octanol–water partition coefficient (Wildman–Crippen LogP) is 4.15. The molecule has 8 heteroatoms. The number of thiazole rings is 1. The molecule has 0 bridgehead atoms. The third-order valence-electron chi connectivity index (χ3n) is 4.29. The summed E-state index contributed by atoms with van der Waals surface area (Å²) in [4.78, 5) is 19.8. The van der Waals surface area contributed by atoms with Gasteiger partial charge in [0, 0.05) is 11.4 Å². The summed E-state index contributed by atoms with van der Waals surface area (Å²) in [5.41, 5.74) is 9.77. The van der Waals surface area contributed by atoms with Crippen molar-refractivity contribution in [2.45, 2.75) is 69.6 Å². The zero-order valence-electron chi connectivity index (χ0n) is 16.5. The minimum Gasteiger partial charge on any atom is -0.383 e. The molecule has 0 aromatic carbocycles. The van der Waals surface area contributed by atoms with Gasteiger partial charge in [-0.15, -0.1) is 24.0 Å². The van der Waals surface area contributed by atoms with E-state index in [0.29, 0.717) is 10.9 Å². The molecule has 0 atom stereocenters. The summed E-state index contributed by atoms with van der Waals surface area (Å²) in [6.07, 6.45) is 4.73. The van der Waals surface area contributed by atoms with Crippen LogP contribution in [0.15, 0.2) is 10.4 Å². The molecule has 4 N–H and O–H groups in total. The second-order valence-electron chi connectivity index (χ2n) is 7.47. The number of urea groups is 1. The van der Waals surface area contributed by atoms with Gasteiger partial charge < -0.3 is 16.2 Å². The Hall–Kier alpha value is -1.64. The maximum atomic E-state index is 11.1. The van der Waals surface area contributed by atoms with Gasteiger partial charge in [-0.1, -0.05) is 13.8 Å². The van der Waals surface area contributed by atoms with Gasteiger partial charge in [0.1, 0.15) is 10.6 Å². The van der Waals surface area contributed by atoms with E-state index in [1.54, 1.807) is 20.0 Å². The van der Waals surface area contributed by atoms with Crippen LogP contribution in [0.2, 0.25) is 0 Å². The number of anilines is 1. The maximum Gasteiger partial charge on any atom is 0.316 e. The van der Waals surface area contributed by atoms with Gasteiger partial charge in [0.15, 0.2) is 0 Å². The molecule has 0 saturated heterocycles. The zero-order chi connectivity index (χ0) is 20.4. The van der Waals surface area contributed by atoms with Crippen LogP contribution in [-0.4, -0.2) is 21.1 Å². The fourth-order valence-electron chi connectivity index (χ4n) is 3.25. The van der Waals surface area contributed by atoms with Crippen LogP contribution in [0.4, 0.5) is 10.5 Å². The number of nitrogens with two attached hydrogens (primary N) is 1. The van der Waals surface area contributed by atoms with Gasteiger partial charge in [0.05, 0.1) is 16.1 Å². The van der Waals surface area contributed by atoms with E-state index in [0.717, 1.165) is 46.1 Å². The van der Waals surface area contributed by atoms with E-state index in [1.807, 2.05) is 6.92 Å². The molecular formula is C19H28N4O2S2. The molecule has 6 nitrogen and oxygen atoms in total. The van der Waals surface area contributed by atoms with Gasteiger partial charge in [-0.05, 0) is 57.1 Å². The highest BCUT2D eigenvalue weighted by Gasteiger charge is 2.23. The number of nitrogens with one attached hydrogen (secondary N) is 1. The van der Waals surface area contributed by atoms with Gasteiger partial charge >= 0.3 is 6.03 Å². The number of thiol groups is 1. The number of amides is 2. The number of rotatable bonds is 3. The first kappa shape index (κ1) is 21.7. The summed E-state index contributed by atoms with van der Waals surface area (Å²) in [5, 5.41) is 12.9. The van der Waals surface area contributed by atoms with E-state index < -0.39 is 11.6 Å². The van der Waals surface area contributed by atoms with E-state index in [1.165, 1.54) is 16.9 Å². The second kappa shape index (κ2) is 8.58. The Morgan fingerprint density at radius 3 is 2.52 bits per heavy atom. The Kier molecular flexibility index (Phi) is 6.88. The Balaban J connectivity index is 0.000000223. The number of hydrogen-bond donors (Lipinski definition) is 4. The molecule has 0 fully saturated rings. The molecule has 0 unspecified atom stereocenters. The summed E-state index contributed by atoms with van der Waals surface area (Å²) in [6.45, 7) is 9.63. The lowest BCUT2D eigenvalue weighted by atomic mass is 9.96. The topological polar surface area (TPSA) is 101 Å². The molecule has 0 radical (unpaired) electrons. The Morgan fingerprint density at radius 1 is 1.41 bits per heavy atom. The number of pyridine rings is 1. The third kappa shape index (κ3) is 5.43. The molecule has 0 saturated carbocycles. The minimum atomic E-state index is -0.828. The molecule has 0 spiro atoms. The Labute approximate surface area is 170 Å². The summed E-state index contributed by atoms with van der Waals surface area (Å²) >= 11 is 5.48. The molecule has 27 heavy (non-hydrogen) atoms. The maximum absolute atomic E-state index is 11.1. The van der Waals surface area contributed by atoms with Crippen LogP contribution in [0.3, 0.4) is 0 Å². The first-order valence-electron chi connectivity index (χ1n) is 8.97. The van der Waals surface area contributed by atoms with E-state index in [-0.39, 0.29) is 0 Å². The van der Waals surface area contributed by atoms with Crippen LogP contribution in [0, 0.1) is 6.92 Å². The fourth-order valence-corrected chi connectivity index (χ4v) is 4.22. The summed E-state index contributed by atoms with van der Waals surface area (Å²) < 4.78 is 0.831. The molecule has 2 aromatic rings. The smallest absolute Gasteiger partial charge is 0.316 e. The quantitative estimate of drug-likeness (QED) is 0.573. The molecular weight excluding hydrogens is 380 g/mol. The highest BCUT2D eigenvalue weighted by Crippen LogP contribution is 2.36. The molecule has 2 heterocycles. The van der Waals surface area contributed by atoms with Crippen LogP contribution >= 0.6 is 24.0 Å². The monoisotopic (exact) mass is 408 g/mol. The van der Waals surface area contributed by atoms with Gasteiger partial charge in [0.2, 0.25) is 0 Å². The summed E-state index contributed by atoms with van der Waals surface area (Å²) in [5.74, 6) is 0.329. The van der Waals surface area contributed by atoms with Gasteiger partial charge in [-0.2, -0.15) is 0 Å². The number of aliphatic hydroxyl groups is 1. The molecule has 0 aliphatic heterocycles. The van der Waals surface area contributed by atoms with E-state index in [9.17, 15) is 9.90 Å². The van der Waals surface area contributed by atoms with E-state index >= 15 is 0 Å². The zero-order valence-corrected chi connectivity index (χ0v) is 18.2. The molecule has 2 aromatic heterocycles. The number of aromatic nitrogens is 2. The minimum absolute atomic E-state index is 0.329. The van der Waals surface area contributed by atoms with E-state index in [4.69, 9.17) is 5.73 Å². The normalized spacial score (nSPS) is 13.2. The first-order chi connectivity index (χ1) is 12.5. The van der Waals surface area contributed by atoms with Gasteiger partial charge in [-0.3, -0.25) is 4.98 Å². The molecule has 1 aliphatic carbocycles. The number of fused-ring (bicyclic) bond motifs is 1. The fraction of sp³-hybridized carbons (Fsp3) is 0.526. The van der Waals surface area contributed by atoms with Crippen LogP contribution < -0.4 is 11.1 Å². The number of aryl methyl sites for hydroxylation is 2. The largest absolute Gasteiger partial charge is 0.383 e. The van der Waals surface area contributed by atoms with Crippen molar-refractivity contribution in [1.82, 2.24) is 9.97 Å². The lowest BCUT2D eigenvalue weighted by Crippen LogP contribution is -2.22. The second-order valence-corrected chi connectivity index (χ2v) is 9.29. The van der Waals surface area contributed by atoms with Crippen molar-refractivity contribution in [2.75, 3.05) is 5.32 Å². The SMILES string of the molecule is CC(C)(O)c1ncc(S)s1.Cc1nc2c(c(NC(N)=O)c1C(C)C)CCC2. The van der Waals surface area contributed by atoms with Crippen molar-refractivity contribution in [2.24, 2.45) is 5.73 Å². The van der Waals surface area contributed by atoms with Crippen molar-refractivity contribution < 1.29 is 9.90 Å². The molecule has 3 rings (SSSR count). The lowest BCUT2D eigenvalue weighted by molar-refractivity contribution is 0.0783. The van der Waals surface area contributed by atoms with Crippen LogP contribution in [0.1, 0.15) is 67.6 Å². The number of nitrogens with zero attached hydrogens (tertiary/aromatic N) is 2. The van der Waals surface area contributed by atoms with Crippen molar-refractivity contribution in [3.63, 3.8) is 0 Å². The van der Waals surface area contributed by atoms with Crippen molar-refractivity contribution in [3.8, 4) is 0 Å². The number of carbonyl (C=O) groups is 1. The number of primary amides is 1. The van der Waals surface area contributed by atoms with Crippen LogP contribution in [-0.2, 0) is 18.4 Å². The van der Waals surface area contributed by atoms with E-state index in [2.05, 4.69) is 41.8 Å². The average molecular weight is 409 g/mol. The van der Waals surface area contributed by atoms with Crippen LogP contribution in [0.5, 0.6) is 0 Å². The van der Waals surface area contributed by atoms with Crippen LogP contribution in [0.25, 0.3) is 0 Å². The summed E-state index contributed by atoms with van der Waals surface area (Å²) in [6, 6.07) is -0.494. The first-order valence-corrected chi connectivity index (χ1v) is 10.2. The van der Waals surface area contributed by atoms with Gasteiger partial charge in [0.25, 0.3) is 0 Å². The number of hydrogen-bond acceptors (Lipinski definition) is 6. The highest BCUT2D eigenvalue weighted by molar-refractivity contribution is 7.82. The highest BCUT2D eigenvalue weighted by atomic mass is 32.2. The molecule has 2 amide bonds. The van der Waals surface area contributed by atoms with Crippen molar-refractivity contribution in [1.29, 1.82) is 0 Å². The summed E-state index contributed by atoms with van der Waals surface area (Å²) in [7, 11) is 0. The third-order valence-corrected chi connectivity index (χ3v) is 5.80. The standard InChI is InChI=1S/C13H19N3O.C6H9NOS2/c1-7(2)11-8(3)15-10-6-4-5-9(10)12(11)16-13(14)17;1-6(2,8)5-7-3-4(9)10-5/h7H,4-6H2,1-3H3,(H3,14,15,16,17);3,8-9H,1-2H3. The van der Waals surface area contributed by atoms with Crippen molar-refractivity contribution >= 4 is 35.7 Å². The Morgan fingerprint density at radius 2 is 2.07 bits per heavy atom. The molecule has 148 valence electrons.